The van der Waals surface area contributed by atoms with Gasteiger partial charge in [-0.25, -0.2) is 0 Å². The Morgan fingerprint density at radius 1 is 1.18 bits per heavy atom. The monoisotopic (exact) mass is 302 g/mol. The van der Waals surface area contributed by atoms with Gasteiger partial charge in [-0.2, -0.15) is 0 Å². The van der Waals surface area contributed by atoms with Crippen molar-refractivity contribution in [1.82, 2.24) is 0 Å². The predicted octanol–water partition coefficient (Wildman–Crippen LogP) is 4.62. The largest absolute Gasteiger partial charge is 0.494 e. The molecule has 0 saturated carbocycles. The van der Waals surface area contributed by atoms with E-state index in [1.54, 1.807) is 6.92 Å². The van der Waals surface area contributed by atoms with Crippen molar-refractivity contribution in [2.45, 2.75) is 58.3 Å². The fraction of sp³-hybridized carbons (Fsp3) is 0.526. The van der Waals surface area contributed by atoms with Gasteiger partial charge >= 0.3 is 5.97 Å². The smallest absolute Gasteiger partial charge is 0.304 e. The number of hydrogen-bond donors (Lipinski definition) is 1. The molecule has 0 saturated heterocycles. The van der Waals surface area contributed by atoms with Crippen LogP contribution in [0.3, 0.4) is 0 Å². The Hall–Kier alpha value is -1.95. The first kappa shape index (κ1) is 18.1. The Kier molecular flexibility index (Phi) is 8.83. The van der Waals surface area contributed by atoms with Crippen molar-refractivity contribution in [3.8, 4) is 17.6 Å². The van der Waals surface area contributed by atoms with Crippen LogP contribution in [-0.2, 0) is 4.79 Å². The van der Waals surface area contributed by atoms with Crippen molar-refractivity contribution in [3.63, 3.8) is 0 Å². The lowest BCUT2D eigenvalue weighted by Gasteiger charge is -2.10. The average Bonchev–Trinajstić information content (AvgIpc) is 2.50. The highest BCUT2D eigenvalue weighted by Crippen LogP contribution is 2.22. The Balaban J connectivity index is 2.46. The van der Waals surface area contributed by atoms with Crippen molar-refractivity contribution in [1.29, 1.82) is 0 Å². The molecule has 1 N–H and O–H groups in total. The average molecular weight is 302 g/mol. The summed E-state index contributed by atoms with van der Waals surface area (Å²) < 4.78 is 5.71. The Morgan fingerprint density at radius 3 is 2.45 bits per heavy atom. The van der Waals surface area contributed by atoms with Crippen LogP contribution in [0, 0.1) is 11.8 Å². The quantitative estimate of drug-likeness (QED) is 0.507. The number of carboxylic acids is 1. The van der Waals surface area contributed by atoms with Crippen molar-refractivity contribution in [2.75, 3.05) is 6.61 Å². The van der Waals surface area contributed by atoms with Gasteiger partial charge in [0.25, 0.3) is 0 Å². The summed E-state index contributed by atoms with van der Waals surface area (Å²) in [7, 11) is 0. The Labute approximate surface area is 133 Å². The molecule has 1 rings (SSSR count). The summed E-state index contributed by atoms with van der Waals surface area (Å²) in [6.07, 6.45) is 6.12. The molecule has 0 aliphatic carbocycles. The number of benzene rings is 1. The molecular weight excluding hydrogens is 276 g/mol. The molecule has 3 nitrogen and oxygen atoms in total. The summed E-state index contributed by atoms with van der Waals surface area (Å²) in [5.41, 5.74) is 0.923. The number of carboxylic acid groups (broad SMARTS) is 1. The number of aliphatic carboxylic acids is 1. The Morgan fingerprint density at radius 2 is 1.86 bits per heavy atom. The molecule has 0 heterocycles. The number of hydrogen-bond acceptors (Lipinski definition) is 2. The molecule has 0 aliphatic rings. The van der Waals surface area contributed by atoms with Crippen LogP contribution in [0.15, 0.2) is 24.3 Å². The molecule has 0 aromatic heterocycles. The number of ether oxygens (including phenoxy) is 1. The summed E-state index contributed by atoms with van der Waals surface area (Å²) in [6.45, 7) is 4.67. The molecule has 0 spiro atoms. The first-order chi connectivity index (χ1) is 10.7. The van der Waals surface area contributed by atoms with Crippen molar-refractivity contribution in [3.05, 3.63) is 29.8 Å². The van der Waals surface area contributed by atoms with Crippen LogP contribution in [0.2, 0.25) is 0 Å². The van der Waals surface area contributed by atoms with Crippen molar-refractivity contribution >= 4 is 5.97 Å². The zero-order valence-corrected chi connectivity index (χ0v) is 13.6. The van der Waals surface area contributed by atoms with E-state index >= 15 is 0 Å². The van der Waals surface area contributed by atoms with Crippen LogP contribution in [-0.4, -0.2) is 17.7 Å². The van der Waals surface area contributed by atoms with Gasteiger partial charge in [0.15, 0.2) is 0 Å². The van der Waals surface area contributed by atoms with Gasteiger partial charge in [0.2, 0.25) is 0 Å². The highest BCUT2D eigenvalue weighted by molar-refractivity contribution is 5.69. The van der Waals surface area contributed by atoms with Crippen molar-refractivity contribution < 1.29 is 14.6 Å². The summed E-state index contributed by atoms with van der Waals surface area (Å²) in [5, 5.41) is 8.94. The first-order valence-electron chi connectivity index (χ1n) is 8.04. The van der Waals surface area contributed by atoms with Crippen LogP contribution in [0.1, 0.15) is 63.9 Å². The molecule has 0 aliphatic heterocycles. The second-order valence-electron chi connectivity index (χ2n) is 5.38. The lowest BCUT2D eigenvalue weighted by atomic mass is 9.96. The van der Waals surface area contributed by atoms with E-state index < -0.39 is 5.97 Å². The summed E-state index contributed by atoms with van der Waals surface area (Å²) in [6, 6.07) is 7.61. The predicted molar refractivity (Wildman–Crippen MR) is 89.1 cm³/mol. The standard InChI is InChI=1S/C19H26O3/c1-3-5-6-7-8-14-22-18-12-10-16(11-13-18)17(9-4-2)15-19(20)21/h10-13,17H,3,5-8,14-15H2,1-2H3,(H,20,21). The molecule has 1 aromatic rings. The Bertz CT molecular complexity index is 494. The maximum atomic E-state index is 10.9. The lowest BCUT2D eigenvalue weighted by molar-refractivity contribution is -0.137. The highest BCUT2D eigenvalue weighted by Gasteiger charge is 2.12. The van der Waals surface area contributed by atoms with E-state index in [2.05, 4.69) is 18.8 Å². The minimum atomic E-state index is -0.833. The third-order valence-corrected chi connectivity index (χ3v) is 3.50. The first-order valence-corrected chi connectivity index (χ1v) is 8.04. The number of unbranched alkanes of at least 4 members (excludes halogenated alkanes) is 4. The third-order valence-electron chi connectivity index (χ3n) is 3.50. The highest BCUT2D eigenvalue weighted by atomic mass is 16.5. The summed E-state index contributed by atoms with van der Waals surface area (Å²) in [5.74, 6) is 5.49. The molecule has 0 radical (unpaired) electrons. The molecule has 1 atom stereocenters. The van der Waals surface area contributed by atoms with Gasteiger partial charge in [0.1, 0.15) is 5.75 Å². The molecule has 1 unspecified atom stereocenters. The SMILES string of the molecule is CC#CC(CC(=O)O)c1ccc(OCCCCCCC)cc1. The second kappa shape index (κ2) is 10.7. The van der Waals surface area contributed by atoms with Crippen LogP contribution >= 0.6 is 0 Å². The fourth-order valence-corrected chi connectivity index (χ4v) is 2.29. The maximum Gasteiger partial charge on any atom is 0.304 e. The van der Waals surface area contributed by atoms with Crippen LogP contribution in [0.25, 0.3) is 0 Å². The topological polar surface area (TPSA) is 46.5 Å². The molecular formula is C19H26O3. The summed E-state index contributed by atoms with van der Waals surface area (Å²) >= 11 is 0. The van der Waals surface area contributed by atoms with E-state index in [1.807, 2.05) is 24.3 Å². The molecule has 0 bridgehead atoms. The third kappa shape index (κ3) is 7.17. The number of rotatable bonds is 10. The normalized spacial score (nSPS) is 11.4. The number of carbonyl (C=O) groups is 1. The van der Waals surface area contributed by atoms with Gasteiger partial charge in [-0.05, 0) is 31.0 Å². The van der Waals surface area contributed by atoms with E-state index in [4.69, 9.17) is 9.84 Å². The molecule has 0 amide bonds. The molecule has 1 aromatic carbocycles. The van der Waals surface area contributed by atoms with Crippen LogP contribution in [0.4, 0.5) is 0 Å². The van der Waals surface area contributed by atoms with Crippen LogP contribution in [0.5, 0.6) is 5.75 Å². The van der Waals surface area contributed by atoms with Gasteiger partial charge in [-0.15, -0.1) is 5.92 Å². The van der Waals surface area contributed by atoms with Gasteiger partial charge in [0.05, 0.1) is 18.9 Å². The van der Waals surface area contributed by atoms with Gasteiger partial charge in [-0.1, -0.05) is 50.7 Å². The van der Waals surface area contributed by atoms with Crippen molar-refractivity contribution in [2.24, 2.45) is 0 Å². The minimum absolute atomic E-state index is 0.0263. The van der Waals surface area contributed by atoms with Crippen LogP contribution < -0.4 is 4.74 Å². The second-order valence-corrected chi connectivity index (χ2v) is 5.38. The maximum absolute atomic E-state index is 10.9. The van der Waals surface area contributed by atoms with E-state index in [-0.39, 0.29) is 12.3 Å². The van der Waals surface area contributed by atoms with Gasteiger partial charge in [0, 0.05) is 0 Å². The van der Waals surface area contributed by atoms with E-state index in [0.29, 0.717) is 0 Å². The fourth-order valence-electron chi connectivity index (χ4n) is 2.29. The zero-order chi connectivity index (χ0) is 16.2. The van der Waals surface area contributed by atoms with E-state index in [1.165, 1.54) is 25.7 Å². The van der Waals surface area contributed by atoms with E-state index in [9.17, 15) is 4.79 Å². The van der Waals surface area contributed by atoms with Gasteiger partial charge < -0.3 is 9.84 Å². The molecule has 0 fully saturated rings. The molecule has 120 valence electrons. The minimum Gasteiger partial charge on any atom is -0.494 e. The molecule has 22 heavy (non-hydrogen) atoms. The van der Waals surface area contributed by atoms with Gasteiger partial charge in [-0.3, -0.25) is 4.79 Å². The van der Waals surface area contributed by atoms with E-state index in [0.717, 1.165) is 24.3 Å². The summed E-state index contributed by atoms with van der Waals surface area (Å²) in [4.78, 5) is 10.9. The lowest BCUT2D eigenvalue weighted by Crippen LogP contribution is -2.04. The zero-order valence-electron chi connectivity index (χ0n) is 13.6. The molecule has 3 heteroatoms.